The molecule has 1 heterocycles. The summed E-state index contributed by atoms with van der Waals surface area (Å²) in [5, 5.41) is 0.960. The fraction of sp³-hybridized carbons (Fsp3) is 0.500. The van der Waals surface area contributed by atoms with Crippen LogP contribution in [0, 0.1) is 0 Å². The van der Waals surface area contributed by atoms with Gasteiger partial charge in [0.1, 0.15) is 11.0 Å². The van der Waals surface area contributed by atoms with E-state index in [4.69, 9.17) is 4.74 Å². The Hall–Kier alpha value is -0.340. The molecule has 1 aromatic heterocycles. The number of hydrogen-bond donors (Lipinski definition) is 0. The Morgan fingerprint density at radius 1 is 1.56 bits per heavy atom. The highest BCUT2D eigenvalue weighted by atomic mass is 79.9. The van der Waals surface area contributed by atoms with Crippen molar-refractivity contribution in [2.75, 3.05) is 12.9 Å². The number of alkyl halides is 1. The van der Waals surface area contributed by atoms with Crippen molar-refractivity contribution in [2.24, 2.45) is 0 Å². The third-order valence-corrected chi connectivity index (χ3v) is 4.05. The Balaban J connectivity index is 3.22. The maximum Gasteiger partial charge on any atom is 0.326 e. The Kier molecular flexibility index (Phi) is 6.37. The zero-order valence-electron chi connectivity index (χ0n) is 9.90. The van der Waals surface area contributed by atoms with Crippen molar-refractivity contribution < 1.29 is 9.53 Å². The minimum atomic E-state index is -0.449. The highest BCUT2D eigenvalue weighted by Crippen LogP contribution is 2.18. The largest absolute Gasteiger partial charge is 0.465 e. The molecule has 0 radical (unpaired) electrons. The van der Waals surface area contributed by atoms with Gasteiger partial charge in [0.05, 0.1) is 12.3 Å². The van der Waals surface area contributed by atoms with Crippen molar-refractivity contribution in [2.45, 2.75) is 24.0 Å². The number of hydrogen-bond acceptors (Lipinski definition) is 5. The van der Waals surface area contributed by atoms with Crippen LogP contribution in [-0.2, 0) is 21.4 Å². The summed E-state index contributed by atoms with van der Waals surface area (Å²) >= 11 is 7.77. The lowest BCUT2D eigenvalue weighted by Gasteiger charge is -2.11. The van der Waals surface area contributed by atoms with E-state index in [-0.39, 0.29) is 18.7 Å². The summed E-state index contributed by atoms with van der Waals surface area (Å²) in [6.07, 6.45) is 1.80. The van der Waals surface area contributed by atoms with Crippen LogP contribution in [0.25, 0.3) is 0 Å². The average molecular weight is 400 g/mol. The second kappa shape index (κ2) is 7.30. The zero-order valence-corrected chi connectivity index (χ0v) is 13.9. The van der Waals surface area contributed by atoms with Gasteiger partial charge in [-0.15, -0.1) is 0 Å². The Morgan fingerprint density at radius 3 is 2.72 bits per heavy atom. The van der Waals surface area contributed by atoms with E-state index >= 15 is 0 Å². The molecule has 0 N–H and O–H groups in total. The summed E-state index contributed by atoms with van der Waals surface area (Å²) < 4.78 is 6.50. The maximum absolute atomic E-state index is 12.1. The molecule has 0 bridgehead atoms. The van der Waals surface area contributed by atoms with E-state index in [2.05, 4.69) is 36.8 Å². The summed E-state index contributed by atoms with van der Waals surface area (Å²) in [4.78, 5) is 27.9. The van der Waals surface area contributed by atoms with Gasteiger partial charge in [-0.25, -0.2) is 4.98 Å². The molecule has 0 saturated heterocycles. The predicted molar refractivity (Wildman–Crippen MR) is 77.2 cm³/mol. The van der Waals surface area contributed by atoms with Crippen LogP contribution in [0.1, 0.15) is 12.6 Å². The standard InChI is InChI=1S/C10H12Br2N2O3S/c1-3-17-7(15)5-14-9(16)8(12)6(4-11)13-10(14)18-2/h3-5H2,1-2H3. The molecule has 0 aromatic carbocycles. The van der Waals surface area contributed by atoms with Gasteiger partial charge in [0.15, 0.2) is 5.16 Å². The maximum atomic E-state index is 12.1. The van der Waals surface area contributed by atoms with E-state index in [1.807, 2.05) is 0 Å². The number of ether oxygens (including phenoxy) is 1. The summed E-state index contributed by atoms with van der Waals surface area (Å²) in [6.45, 7) is 1.88. The minimum Gasteiger partial charge on any atom is -0.465 e. The molecular formula is C10H12Br2N2O3S. The fourth-order valence-electron chi connectivity index (χ4n) is 1.27. The number of carbonyl (C=O) groups excluding carboxylic acids is 1. The second-order valence-corrected chi connectivity index (χ2v) is 5.32. The van der Waals surface area contributed by atoms with Crippen molar-refractivity contribution in [3.63, 3.8) is 0 Å². The first kappa shape index (κ1) is 15.7. The number of thioether (sulfide) groups is 1. The van der Waals surface area contributed by atoms with E-state index in [0.717, 1.165) is 0 Å². The SMILES string of the molecule is CCOC(=O)Cn1c(SC)nc(CBr)c(Br)c1=O. The van der Waals surface area contributed by atoms with Crippen LogP contribution in [0.15, 0.2) is 14.4 Å². The first-order valence-electron chi connectivity index (χ1n) is 5.09. The van der Waals surface area contributed by atoms with Gasteiger partial charge in [0.25, 0.3) is 5.56 Å². The van der Waals surface area contributed by atoms with Gasteiger partial charge in [-0.05, 0) is 29.1 Å². The number of carbonyl (C=O) groups is 1. The number of nitrogens with zero attached hydrogens (tertiary/aromatic N) is 2. The Morgan fingerprint density at radius 2 is 2.22 bits per heavy atom. The topological polar surface area (TPSA) is 61.2 Å². The van der Waals surface area contributed by atoms with E-state index in [1.165, 1.54) is 16.3 Å². The molecule has 0 amide bonds. The molecule has 100 valence electrons. The highest BCUT2D eigenvalue weighted by Gasteiger charge is 2.16. The first-order chi connectivity index (χ1) is 8.54. The second-order valence-electron chi connectivity index (χ2n) is 3.19. The monoisotopic (exact) mass is 398 g/mol. The third kappa shape index (κ3) is 3.58. The molecule has 0 spiro atoms. The molecule has 1 aromatic rings. The molecule has 0 unspecified atom stereocenters. The minimum absolute atomic E-state index is 0.128. The lowest BCUT2D eigenvalue weighted by molar-refractivity contribution is -0.144. The summed E-state index contributed by atoms with van der Waals surface area (Å²) in [7, 11) is 0. The molecular weight excluding hydrogens is 388 g/mol. The van der Waals surface area contributed by atoms with Crippen molar-refractivity contribution in [1.29, 1.82) is 0 Å². The highest BCUT2D eigenvalue weighted by molar-refractivity contribution is 9.10. The van der Waals surface area contributed by atoms with Crippen molar-refractivity contribution in [3.8, 4) is 0 Å². The summed E-state index contributed by atoms with van der Waals surface area (Å²) in [6, 6.07) is 0. The van der Waals surface area contributed by atoms with Crippen LogP contribution in [0.4, 0.5) is 0 Å². The van der Waals surface area contributed by atoms with Crippen LogP contribution < -0.4 is 5.56 Å². The summed E-state index contributed by atoms with van der Waals surface area (Å²) in [5.41, 5.74) is 0.335. The molecule has 5 nitrogen and oxygen atoms in total. The first-order valence-corrected chi connectivity index (χ1v) is 8.23. The quantitative estimate of drug-likeness (QED) is 0.328. The van der Waals surface area contributed by atoms with Crippen molar-refractivity contribution >= 4 is 49.6 Å². The number of aromatic nitrogens is 2. The smallest absolute Gasteiger partial charge is 0.326 e. The van der Waals surface area contributed by atoms with Crippen molar-refractivity contribution in [1.82, 2.24) is 9.55 Å². The lowest BCUT2D eigenvalue weighted by Crippen LogP contribution is -2.29. The van der Waals surface area contributed by atoms with Gasteiger partial charge in [0, 0.05) is 5.33 Å². The molecule has 0 aliphatic carbocycles. The van der Waals surface area contributed by atoms with Crippen LogP contribution in [0.5, 0.6) is 0 Å². The van der Waals surface area contributed by atoms with Gasteiger partial charge < -0.3 is 4.74 Å². The Bertz CT molecular complexity index is 505. The number of esters is 1. The molecule has 18 heavy (non-hydrogen) atoms. The van der Waals surface area contributed by atoms with Gasteiger partial charge in [-0.3, -0.25) is 14.2 Å². The molecule has 8 heteroatoms. The molecule has 1 rings (SSSR count). The molecule has 0 aliphatic heterocycles. The fourth-order valence-corrected chi connectivity index (χ4v) is 3.07. The van der Waals surface area contributed by atoms with Crippen LogP contribution >= 0.6 is 43.6 Å². The normalized spacial score (nSPS) is 10.4. The van der Waals surface area contributed by atoms with E-state index < -0.39 is 5.97 Å². The van der Waals surface area contributed by atoms with Gasteiger partial charge in [-0.1, -0.05) is 27.7 Å². The average Bonchev–Trinajstić information content (AvgIpc) is 2.36. The third-order valence-electron chi connectivity index (χ3n) is 2.05. The predicted octanol–water partition coefficient (Wildman–Crippen LogP) is 2.19. The lowest BCUT2D eigenvalue weighted by atomic mass is 10.4. The van der Waals surface area contributed by atoms with Crippen LogP contribution in [0.3, 0.4) is 0 Å². The number of halogens is 2. The molecule has 0 aliphatic rings. The van der Waals surface area contributed by atoms with E-state index in [9.17, 15) is 9.59 Å². The summed E-state index contributed by atoms with van der Waals surface area (Å²) in [5.74, 6) is -0.449. The number of rotatable bonds is 5. The van der Waals surface area contributed by atoms with E-state index in [1.54, 1.807) is 13.2 Å². The van der Waals surface area contributed by atoms with Gasteiger partial charge in [0.2, 0.25) is 0 Å². The van der Waals surface area contributed by atoms with Crippen molar-refractivity contribution in [3.05, 3.63) is 20.5 Å². The zero-order chi connectivity index (χ0) is 13.7. The van der Waals surface area contributed by atoms with Crippen LogP contribution in [0.2, 0.25) is 0 Å². The Labute approximate surface area is 126 Å². The van der Waals surface area contributed by atoms with E-state index in [0.29, 0.717) is 20.7 Å². The molecule has 0 fully saturated rings. The molecule has 0 atom stereocenters. The van der Waals surface area contributed by atoms with Gasteiger partial charge in [-0.2, -0.15) is 0 Å². The van der Waals surface area contributed by atoms with Gasteiger partial charge >= 0.3 is 5.97 Å². The molecule has 0 saturated carbocycles. The van der Waals surface area contributed by atoms with Crippen LogP contribution in [-0.4, -0.2) is 28.4 Å².